The van der Waals surface area contributed by atoms with Crippen LogP contribution in [0.1, 0.15) is 57.4 Å². The monoisotopic (exact) mass is 563 g/mol. The van der Waals surface area contributed by atoms with Crippen molar-refractivity contribution in [2.75, 3.05) is 24.2 Å². The van der Waals surface area contributed by atoms with E-state index in [0.29, 0.717) is 22.9 Å². The van der Waals surface area contributed by atoms with Crippen LogP contribution in [0.5, 0.6) is 5.75 Å². The number of hydrogen-bond donors (Lipinski definition) is 1. The SMILES string of the molecule is CC[C@H](C(=O)NC1CCCC1)N(Cc1ccccc1Cl)C(=O)CCCN(c1cccc(OC)c1)S(C)(=O)=O. The van der Waals surface area contributed by atoms with E-state index in [2.05, 4.69) is 5.32 Å². The number of halogens is 1. The largest absolute Gasteiger partial charge is 0.497 e. The Bertz CT molecular complexity index is 1200. The highest BCUT2D eigenvalue weighted by Crippen LogP contribution is 2.25. The van der Waals surface area contributed by atoms with Gasteiger partial charge in [0, 0.05) is 36.6 Å². The van der Waals surface area contributed by atoms with Crippen LogP contribution in [-0.4, -0.2) is 57.1 Å². The summed E-state index contributed by atoms with van der Waals surface area (Å²) >= 11 is 6.40. The third-order valence-electron chi connectivity index (χ3n) is 6.88. The van der Waals surface area contributed by atoms with Crippen molar-refractivity contribution in [1.82, 2.24) is 10.2 Å². The summed E-state index contributed by atoms with van der Waals surface area (Å²) < 4.78 is 31.6. The number of amides is 2. The van der Waals surface area contributed by atoms with Crippen molar-refractivity contribution in [3.63, 3.8) is 0 Å². The van der Waals surface area contributed by atoms with Crippen molar-refractivity contribution in [1.29, 1.82) is 0 Å². The minimum atomic E-state index is -3.59. The van der Waals surface area contributed by atoms with Crippen LogP contribution in [0.3, 0.4) is 0 Å². The van der Waals surface area contributed by atoms with E-state index in [1.165, 1.54) is 11.4 Å². The molecule has 2 amide bonds. The van der Waals surface area contributed by atoms with Crippen LogP contribution in [0.4, 0.5) is 5.69 Å². The van der Waals surface area contributed by atoms with E-state index in [1.54, 1.807) is 35.2 Å². The van der Waals surface area contributed by atoms with Gasteiger partial charge < -0.3 is 15.0 Å². The summed E-state index contributed by atoms with van der Waals surface area (Å²) in [5.74, 6) is 0.156. The average molecular weight is 564 g/mol. The normalized spacial score (nSPS) is 14.6. The Morgan fingerprint density at radius 3 is 2.47 bits per heavy atom. The number of nitrogens with one attached hydrogen (secondary N) is 1. The predicted octanol–water partition coefficient (Wildman–Crippen LogP) is 4.76. The molecule has 0 unspecified atom stereocenters. The molecule has 0 radical (unpaired) electrons. The minimum Gasteiger partial charge on any atom is -0.497 e. The zero-order valence-corrected chi connectivity index (χ0v) is 23.9. The van der Waals surface area contributed by atoms with Gasteiger partial charge in [0.1, 0.15) is 11.8 Å². The first-order valence-corrected chi connectivity index (χ1v) is 15.3. The fourth-order valence-corrected chi connectivity index (χ4v) is 6.02. The first-order valence-electron chi connectivity index (χ1n) is 13.1. The van der Waals surface area contributed by atoms with Gasteiger partial charge in [0.25, 0.3) is 0 Å². The molecule has 3 rings (SSSR count). The van der Waals surface area contributed by atoms with Crippen molar-refractivity contribution in [2.24, 2.45) is 0 Å². The van der Waals surface area contributed by atoms with Gasteiger partial charge in [-0.25, -0.2) is 8.42 Å². The summed E-state index contributed by atoms with van der Waals surface area (Å²) in [4.78, 5) is 28.4. The number of rotatable bonds is 13. The molecule has 0 aromatic heterocycles. The molecule has 1 atom stereocenters. The number of anilines is 1. The van der Waals surface area contributed by atoms with Gasteiger partial charge in [0.2, 0.25) is 21.8 Å². The molecule has 1 saturated carbocycles. The zero-order valence-electron chi connectivity index (χ0n) is 22.4. The van der Waals surface area contributed by atoms with Crippen LogP contribution in [0, 0.1) is 0 Å². The van der Waals surface area contributed by atoms with E-state index < -0.39 is 16.1 Å². The highest BCUT2D eigenvalue weighted by molar-refractivity contribution is 7.92. The molecular weight excluding hydrogens is 526 g/mol. The van der Waals surface area contributed by atoms with Crippen molar-refractivity contribution in [2.45, 2.75) is 70.5 Å². The fraction of sp³-hybridized carbons (Fsp3) is 0.500. The van der Waals surface area contributed by atoms with Gasteiger partial charge in [0.05, 0.1) is 19.1 Å². The molecule has 208 valence electrons. The number of benzene rings is 2. The van der Waals surface area contributed by atoms with Gasteiger partial charge in [0.15, 0.2) is 0 Å². The molecule has 1 N–H and O–H groups in total. The van der Waals surface area contributed by atoms with Gasteiger partial charge >= 0.3 is 0 Å². The predicted molar refractivity (Wildman–Crippen MR) is 151 cm³/mol. The van der Waals surface area contributed by atoms with Crippen LogP contribution < -0.4 is 14.4 Å². The maximum Gasteiger partial charge on any atom is 0.243 e. The highest BCUT2D eigenvalue weighted by atomic mass is 35.5. The second-order valence-corrected chi connectivity index (χ2v) is 12.0. The third kappa shape index (κ3) is 8.11. The molecule has 0 bridgehead atoms. The summed E-state index contributed by atoms with van der Waals surface area (Å²) in [7, 11) is -2.07. The Hall–Kier alpha value is -2.78. The fourth-order valence-electron chi connectivity index (χ4n) is 4.87. The standard InChI is InChI=1S/C28H38ClN3O5S/c1-4-26(28(34)30-22-12-6-7-13-22)31(20-21-11-5-8-16-25(21)29)27(33)17-10-18-32(38(3,35)36)23-14-9-15-24(19-23)37-2/h5,8-9,11,14-16,19,22,26H,4,6-7,10,12-13,17-18,20H2,1-3H3,(H,30,34)/t26-/m1/s1. The molecule has 2 aromatic rings. The van der Waals surface area contributed by atoms with Crippen molar-refractivity contribution in [3.05, 3.63) is 59.1 Å². The molecule has 0 heterocycles. The minimum absolute atomic E-state index is 0.0770. The average Bonchev–Trinajstić information content (AvgIpc) is 3.39. The van der Waals surface area contributed by atoms with Crippen molar-refractivity contribution in [3.8, 4) is 5.75 Å². The molecule has 1 aliphatic carbocycles. The molecular formula is C28H38ClN3O5S. The van der Waals surface area contributed by atoms with E-state index in [4.69, 9.17) is 16.3 Å². The smallest absolute Gasteiger partial charge is 0.243 e. The molecule has 10 heteroatoms. The van der Waals surface area contributed by atoms with Gasteiger partial charge in [-0.3, -0.25) is 13.9 Å². The number of ether oxygens (including phenoxy) is 1. The number of methoxy groups -OCH3 is 1. The Morgan fingerprint density at radius 2 is 1.84 bits per heavy atom. The molecule has 1 aliphatic rings. The second-order valence-electron chi connectivity index (χ2n) is 9.67. The van der Waals surface area contributed by atoms with E-state index in [9.17, 15) is 18.0 Å². The third-order valence-corrected chi connectivity index (χ3v) is 8.44. The summed E-state index contributed by atoms with van der Waals surface area (Å²) in [6.07, 6.45) is 6.03. The van der Waals surface area contributed by atoms with Crippen LogP contribution >= 0.6 is 11.6 Å². The summed E-state index contributed by atoms with van der Waals surface area (Å²) in [5.41, 5.74) is 1.22. The topological polar surface area (TPSA) is 96.0 Å². The van der Waals surface area contributed by atoms with Crippen LogP contribution in [-0.2, 0) is 26.2 Å². The zero-order chi connectivity index (χ0) is 27.7. The first kappa shape index (κ1) is 29.8. The summed E-state index contributed by atoms with van der Waals surface area (Å²) in [6, 6.07) is 13.6. The summed E-state index contributed by atoms with van der Waals surface area (Å²) in [6.45, 7) is 2.20. The highest BCUT2D eigenvalue weighted by Gasteiger charge is 2.31. The number of carbonyl (C=O) groups excluding carboxylic acids is 2. The van der Waals surface area contributed by atoms with Crippen LogP contribution in [0.2, 0.25) is 5.02 Å². The van der Waals surface area contributed by atoms with Gasteiger partial charge in [-0.1, -0.05) is 55.6 Å². The van der Waals surface area contributed by atoms with E-state index in [-0.39, 0.29) is 43.8 Å². The number of hydrogen-bond acceptors (Lipinski definition) is 5. The lowest BCUT2D eigenvalue weighted by Crippen LogP contribution is -2.51. The Kier molecular flexibility index (Phi) is 10.8. The number of sulfonamides is 1. The number of carbonyl (C=O) groups is 2. The lowest BCUT2D eigenvalue weighted by Gasteiger charge is -2.32. The molecule has 8 nitrogen and oxygen atoms in total. The maximum atomic E-state index is 13.6. The van der Waals surface area contributed by atoms with E-state index >= 15 is 0 Å². The molecule has 0 aliphatic heterocycles. The van der Waals surface area contributed by atoms with Crippen molar-refractivity contribution < 1.29 is 22.7 Å². The quantitative estimate of drug-likeness (QED) is 0.379. The molecule has 0 saturated heterocycles. The van der Waals surface area contributed by atoms with Crippen LogP contribution in [0.25, 0.3) is 0 Å². The van der Waals surface area contributed by atoms with E-state index in [0.717, 1.165) is 37.5 Å². The van der Waals surface area contributed by atoms with E-state index in [1.807, 2.05) is 25.1 Å². The lowest BCUT2D eigenvalue weighted by atomic mass is 10.1. The Balaban J connectivity index is 1.77. The molecule has 2 aromatic carbocycles. The molecule has 1 fully saturated rings. The molecule has 38 heavy (non-hydrogen) atoms. The second kappa shape index (κ2) is 13.8. The Morgan fingerprint density at radius 1 is 1.13 bits per heavy atom. The van der Waals surface area contributed by atoms with Gasteiger partial charge in [-0.05, 0) is 49.4 Å². The van der Waals surface area contributed by atoms with Crippen molar-refractivity contribution >= 4 is 39.1 Å². The maximum absolute atomic E-state index is 13.6. The lowest BCUT2D eigenvalue weighted by molar-refractivity contribution is -0.141. The summed E-state index contributed by atoms with van der Waals surface area (Å²) in [5, 5.41) is 3.65. The van der Waals surface area contributed by atoms with Gasteiger partial charge in [-0.2, -0.15) is 0 Å². The van der Waals surface area contributed by atoms with Crippen LogP contribution in [0.15, 0.2) is 48.5 Å². The number of nitrogens with zero attached hydrogens (tertiary/aromatic N) is 2. The molecule has 0 spiro atoms. The van der Waals surface area contributed by atoms with Gasteiger partial charge in [-0.15, -0.1) is 0 Å². The Labute approximate surface area is 231 Å². The first-order chi connectivity index (χ1) is 18.1.